The van der Waals surface area contributed by atoms with E-state index in [2.05, 4.69) is 11.1 Å². The zero-order valence-corrected chi connectivity index (χ0v) is 16.6. The molecule has 4 aromatic rings. The molecule has 1 N–H and O–H groups in total. The van der Waals surface area contributed by atoms with E-state index < -0.39 is 6.04 Å². The number of benzene rings is 3. The Morgan fingerprint density at radius 2 is 1.81 bits per heavy atom. The van der Waals surface area contributed by atoms with Gasteiger partial charge < -0.3 is 19.4 Å². The number of carbonyl (C=O) groups is 1. The quantitative estimate of drug-likeness (QED) is 0.512. The summed E-state index contributed by atoms with van der Waals surface area (Å²) in [6.45, 7) is 0.633. The van der Waals surface area contributed by atoms with Gasteiger partial charge in [-0.1, -0.05) is 36.4 Å². The second kappa shape index (κ2) is 6.87. The molecular weight excluding hydrogens is 395 g/mol. The number of rotatable bonds is 2. The van der Waals surface area contributed by atoms with Crippen molar-refractivity contribution < 1.29 is 18.7 Å². The molecule has 1 amide bonds. The number of aromatic nitrogens is 1. The SMILES string of the molecule is O=C(c1ccc2c(c1)OCO2)N1CCc2c([nH]c3ccccc23)[C@@H]1c1ccccc1F. The van der Waals surface area contributed by atoms with Crippen LogP contribution in [0.5, 0.6) is 11.5 Å². The van der Waals surface area contributed by atoms with Crippen molar-refractivity contribution in [2.75, 3.05) is 13.3 Å². The first-order valence-electron chi connectivity index (χ1n) is 10.3. The monoisotopic (exact) mass is 414 g/mol. The fourth-order valence-corrected chi connectivity index (χ4v) is 4.68. The number of ether oxygens (including phenoxy) is 2. The number of aromatic amines is 1. The van der Waals surface area contributed by atoms with Crippen molar-refractivity contribution in [3.63, 3.8) is 0 Å². The summed E-state index contributed by atoms with van der Waals surface area (Å²) in [5, 5.41) is 1.12. The standard InChI is InChI=1S/C25H19FN2O3/c26-19-7-3-1-6-18(19)24-23-17(16-5-2-4-8-20(16)27-23)11-12-28(24)25(29)15-9-10-21-22(13-15)31-14-30-21/h1-10,13,24,27H,11-12,14H2/t24-/m0/s1. The van der Waals surface area contributed by atoms with E-state index in [4.69, 9.17) is 9.47 Å². The fraction of sp³-hybridized carbons (Fsp3) is 0.160. The van der Waals surface area contributed by atoms with Crippen LogP contribution < -0.4 is 9.47 Å². The maximum absolute atomic E-state index is 15.0. The van der Waals surface area contributed by atoms with Gasteiger partial charge in [-0.25, -0.2) is 4.39 Å². The number of hydrogen-bond donors (Lipinski definition) is 1. The highest BCUT2D eigenvalue weighted by molar-refractivity contribution is 5.96. The number of fused-ring (bicyclic) bond motifs is 4. The van der Waals surface area contributed by atoms with E-state index in [0.717, 1.165) is 22.2 Å². The molecule has 154 valence electrons. The van der Waals surface area contributed by atoms with Crippen LogP contribution in [0.3, 0.4) is 0 Å². The topological polar surface area (TPSA) is 54.6 Å². The van der Waals surface area contributed by atoms with Crippen LogP contribution in [0.4, 0.5) is 4.39 Å². The molecule has 1 atom stereocenters. The van der Waals surface area contributed by atoms with Crippen molar-refractivity contribution in [1.82, 2.24) is 9.88 Å². The van der Waals surface area contributed by atoms with E-state index in [-0.39, 0.29) is 18.5 Å². The molecule has 0 spiro atoms. The van der Waals surface area contributed by atoms with Gasteiger partial charge in [0, 0.05) is 34.3 Å². The molecular formula is C25H19FN2O3. The highest BCUT2D eigenvalue weighted by Gasteiger charge is 2.36. The number of para-hydroxylation sites is 1. The number of carbonyl (C=O) groups excluding carboxylic acids is 1. The van der Waals surface area contributed by atoms with Gasteiger partial charge in [-0.3, -0.25) is 4.79 Å². The van der Waals surface area contributed by atoms with Crippen molar-refractivity contribution in [2.24, 2.45) is 0 Å². The summed E-state index contributed by atoms with van der Waals surface area (Å²) in [4.78, 5) is 18.8. The average Bonchev–Trinajstić information content (AvgIpc) is 3.42. The lowest BCUT2D eigenvalue weighted by Gasteiger charge is -2.36. The fourth-order valence-electron chi connectivity index (χ4n) is 4.68. The van der Waals surface area contributed by atoms with Gasteiger partial charge in [-0.2, -0.15) is 0 Å². The van der Waals surface area contributed by atoms with Gasteiger partial charge in [0.1, 0.15) is 11.9 Å². The van der Waals surface area contributed by atoms with Gasteiger partial charge in [0.15, 0.2) is 11.5 Å². The van der Waals surface area contributed by atoms with Crippen molar-refractivity contribution in [2.45, 2.75) is 12.5 Å². The summed E-state index contributed by atoms with van der Waals surface area (Å²) in [7, 11) is 0. The molecule has 0 saturated heterocycles. The van der Waals surface area contributed by atoms with E-state index in [9.17, 15) is 9.18 Å². The third kappa shape index (κ3) is 2.79. The first-order chi connectivity index (χ1) is 15.2. The largest absolute Gasteiger partial charge is 0.454 e. The van der Waals surface area contributed by atoms with Crippen LogP contribution in [0.2, 0.25) is 0 Å². The normalized spacial score (nSPS) is 17.1. The van der Waals surface area contributed by atoms with Crippen molar-refractivity contribution in [3.05, 3.63) is 94.9 Å². The lowest BCUT2D eigenvalue weighted by atomic mass is 9.91. The summed E-state index contributed by atoms with van der Waals surface area (Å²) in [6.07, 6.45) is 0.695. The van der Waals surface area contributed by atoms with E-state index in [1.165, 1.54) is 6.07 Å². The lowest BCUT2D eigenvalue weighted by Crippen LogP contribution is -2.41. The van der Waals surface area contributed by atoms with Gasteiger partial charge in [0.25, 0.3) is 5.91 Å². The molecule has 0 fully saturated rings. The molecule has 0 aliphatic carbocycles. The van der Waals surface area contributed by atoms with Crippen LogP contribution in [0.25, 0.3) is 10.9 Å². The minimum atomic E-state index is -0.546. The van der Waals surface area contributed by atoms with Gasteiger partial charge in [-0.05, 0) is 42.3 Å². The van der Waals surface area contributed by atoms with Crippen molar-refractivity contribution in [3.8, 4) is 11.5 Å². The minimum absolute atomic E-state index is 0.146. The summed E-state index contributed by atoms with van der Waals surface area (Å²) in [5.41, 5.74) is 3.96. The van der Waals surface area contributed by atoms with Crippen molar-refractivity contribution in [1.29, 1.82) is 0 Å². The Kier molecular flexibility index (Phi) is 3.99. The Morgan fingerprint density at radius 3 is 2.71 bits per heavy atom. The molecule has 1 aromatic heterocycles. The maximum atomic E-state index is 15.0. The maximum Gasteiger partial charge on any atom is 0.254 e. The van der Waals surface area contributed by atoms with E-state index in [0.29, 0.717) is 35.6 Å². The van der Waals surface area contributed by atoms with Crippen LogP contribution in [0.1, 0.15) is 33.2 Å². The van der Waals surface area contributed by atoms with Gasteiger partial charge in [0.05, 0.1) is 0 Å². The molecule has 3 heterocycles. The summed E-state index contributed by atoms with van der Waals surface area (Å²) >= 11 is 0. The van der Waals surface area contributed by atoms with Crippen LogP contribution in [-0.4, -0.2) is 29.1 Å². The predicted molar refractivity (Wildman–Crippen MR) is 114 cm³/mol. The Hall–Kier alpha value is -3.80. The number of amides is 1. The van der Waals surface area contributed by atoms with E-state index in [1.807, 2.05) is 18.2 Å². The zero-order valence-electron chi connectivity index (χ0n) is 16.6. The number of hydrogen-bond acceptors (Lipinski definition) is 3. The number of H-pyrrole nitrogens is 1. The third-order valence-corrected chi connectivity index (χ3v) is 6.11. The van der Waals surface area contributed by atoms with Gasteiger partial charge in [0.2, 0.25) is 6.79 Å². The number of nitrogens with one attached hydrogen (secondary N) is 1. The van der Waals surface area contributed by atoms with Crippen molar-refractivity contribution >= 4 is 16.8 Å². The second-order valence-electron chi connectivity index (χ2n) is 7.80. The van der Waals surface area contributed by atoms with Crippen LogP contribution in [0, 0.1) is 5.82 Å². The Morgan fingerprint density at radius 1 is 1.00 bits per heavy atom. The molecule has 5 nitrogen and oxygen atoms in total. The van der Waals surface area contributed by atoms with E-state index >= 15 is 0 Å². The number of halogens is 1. The first-order valence-corrected chi connectivity index (χ1v) is 10.3. The van der Waals surface area contributed by atoms with Crippen LogP contribution in [-0.2, 0) is 6.42 Å². The predicted octanol–water partition coefficient (Wildman–Crippen LogP) is 4.82. The summed E-state index contributed by atoms with van der Waals surface area (Å²) < 4.78 is 25.8. The third-order valence-electron chi connectivity index (χ3n) is 6.11. The molecule has 2 aliphatic heterocycles. The molecule has 6 rings (SSSR count). The second-order valence-corrected chi connectivity index (χ2v) is 7.80. The molecule has 31 heavy (non-hydrogen) atoms. The number of nitrogens with zero attached hydrogens (tertiary/aromatic N) is 1. The molecule has 2 aliphatic rings. The lowest BCUT2D eigenvalue weighted by molar-refractivity contribution is 0.0689. The highest BCUT2D eigenvalue weighted by Crippen LogP contribution is 2.40. The Bertz CT molecular complexity index is 1330. The Balaban J connectivity index is 1.50. The Labute approximate surface area is 178 Å². The van der Waals surface area contributed by atoms with E-state index in [1.54, 1.807) is 41.3 Å². The molecule has 0 saturated carbocycles. The molecule has 0 bridgehead atoms. The van der Waals surface area contributed by atoms with Gasteiger partial charge in [-0.15, -0.1) is 0 Å². The molecule has 6 heteroatoms. The molecule has 0 unspecified atom stereocenters. The molecule has 3 aromatic carbocycles. The van der Waals surface area contributed by atoms with Crippen LogP contribution >= 0.6 is 0 Å². The molecule has 0 radical (unpaired) electrons. The van der Waals surface area contributed by atoms with Gasteiger partial charge >= 0.3 is 0 Å². The highest BCUT2D eigenvalue weighted by atomic mass is 19.1. The smallest absolute Gasteiger partial charge is 0.254 e. The first kappa shape index (κ1) is 18.0. The zero-order chi connectivity index (χ0) is 20.9. The summed E-state index contributed by atoms with van der Waals surface area (Å²) in [5.74, 6) is 0.675. The van der Waals surface area contributed by atoms with Crippen LogP contribution in [0.15, 0.2) is 66.7 Å². The minimum Gasteiger partial charge on any atom is -0.454 e. The summed E-state index contributed by atoms with van der Waals surface area (Å²) in [6, 6.07) is 19.3. The average molecular weight is 414 g/mol.